The van der Waals surface area contributed by atoms with Gasteiger partial charge in [-0.25, -0.2) is 4.39 Å². The highest BCUT2D eigenvalue weighted by atomic mass is 19.1. The summed E-state index contributed by atoms with van der Waals surface area (Å²) in [4.78, 5) is 11.5. The van der Waals surface area contributed by atoms with E-state index in [0.717, 1.165) is 5.56 Å². The van der Waals surface area contributed by atoms with Gasteiger partial charge in [0.05, 0.1) is 11.5 Å². The first-order chi connectivity index (χ1) is 8.04. The van der Waals surface area contributed by atoms with E-state index in [1.165, 1.54) is 12.1 Å². The van der Waals surface area contributed by atoms with E-state index in [2.05, 4.69) is 0 Å². The van der Waals surface area contributed by atoms with Crippen LogP contribution in [0.15, 0.2) is 24.3 Å². The zero-order valence-electron chi connectivity index (χ0n) is 9.65. The molecule has 0 radical (unpaired) electrons. The van der Waals surface area contributed by atoms with Crippen molar-refractivity contribution >= 4 is 5.97 Å². The number of halogens is 1. The van der Waals surface area contributed by atoms with Gasteiger partial charge in [0.15, 0.2) is 0 Å². The highest BCUT2D eigenvalue weighted by Crippen LogP contribution is 2.38. The number of hydrogen-bond acceptors (Lipinski definition) is 2. The van der Waals surface area contributed by atoms with Gasteiger partial charge in [-0.05, 0) is 37.5 Å². The minimum Gasteiger partial charge on any atom is -0.481 e. The highest BCUT2D eigenvalue weighted by Gasteiger charge is 2.48. The van der Waals surface area contributed by atoms with Crippen LogP contribution in [0.5, 0.6) is 0 Å². The van der Waals surface area contributed by atoms with Crippen molar-refractivity contribution in [3.05, 3.63) is 35.6 Å². The molecule has 0 bridgehead atoms. The van der Waals surface area contributed by atoms with Crippen molar-refractivity contribution in [1.82, 2.24) is 0 Å². The van der Waals surface area contributed by atoms with Crippen molar-refractivity contribution < 1.29 is 19.0 Å². The number of aliphatic carboxylic acids is 1. The third-order valence-electron chi connectivity index (χ3n) is 3.55. The lowest BCUT2D eigenvalue weighted by molar-refractivity contribution is -0.151. The molecular formula is C13H15FO3. The molecule has 1 N–H and O–H groups in total. The molecule has 0 aliphatic carbocycles. The molecule has 0 amide bonds. The van der Waals surface area contributed by atoms with Crippen LogP contribution < -0.4 is 0 Å². The molecule has 4 heteroatoms. The van der Waals surface area contributed by atoms with E-state index < -0.39 is 11.4 Å². The molecule has 1 saturated heterocycles. The minimum atomic E-state index is -0.877. The number of carboxylic acid groups (broad SMARTS) is 1. The summed E-state index contributed by atoms with van der Waals surface area (Å²) in [6, 6.07) is 5.97. The van der Waals surface area contributed by atoms with Crippen molar-refractivity contribution in [3.8, 4) is 0 Å². The highest BCUT2D eigenvalue weighted by molar-refractivity contribution is 5.76. The minimum absolute atomic E-state index is 0.311. The average molecular weight is 238 g/mol. The molecule has 3 nitrogen and oxygen atoms in total. The standard InChI is InChI=1S/C13H15FO3/c1-9-13(12(15)16,6-7-17-9)8-10-2-4-11(14)5-3-10/h2-5,9H,6-8H2,1H3,(H,15,16). The first-order valence-corrected chi connectivity index (χ1v) is 5.64. The van der Waals surface area contributed by atoms with Crippen LogP contribution >= 0.6 is 0 Å². The zero-order valence-corrected chi connectivity index (χ0v) is 9.65. The smallest absolute Gasteiger partial charge is 0.312 e. The summed E-state index contributed by atoms with van der Waals surface area (Å²) in [5.41, 5.74) is -0.0520. The van der Waals surface area contributed by atoms with Gasteiger partial charge in [0.25, 0.3) is 0 Å². The summed E-state index contributed by atoms with van der Waals surface area (Å²) in [7, 11) is 0. The maximum Gasteiger partial charge on any atom is 0.312 e. The van der Waals surface area contributed by atoms with Gasteiger partial charge in [-0.2, -0.15) is 0 Å². The van der Waals surface area contributed by atoms with Gasteiger partial charge in [-0.3, -0.25) is 4.79 Å². The Bertz CT molecular complexity index is 415. The first kappa shape index (κ1) is 12.0. The monoisotopic (exact) mass is 238 g/mol. The van der Waals surface area contributed by atoms with Gasteiger partial charge in [0, 0.05) is 6.61 Å². The Kier molecular flexibility index (Phi) is 3.15. The van der Waals surface area contributed by atoms with Gasteiger partial charge in [-0.1, -0.05) is 12.1 Å². The molecule has 1 aliphatic heterocycles. The van der Waals surface area contributed by atoms with E-state index in [1.807, 2.05) is 0 Å². The van der Waals surface area contributed by atoms with Gasteiger partial charge in [-0.15, -0.1) is 0 Å². The van der Waals surface area contributed by atoms with Crippen LogP contribution in [0.2, 0.25) is 0 Å². The lowest BCUT2D eigenvalue weighted by Gasteiger charge is -2.27. The lowest BCUT2D eigenvalue weighted by Crippen LogP contribution is -2.39. The molecule has 17 heavy (non-hydrogen) atoms. The quantitative estimate of drug-likeness (QED) is 0.878. The maximum absolute atomic E-state index is 12.8. The van der Waals surface area contributed by atoms with E-state index in [-0.39, 0.29) is 11.9 Å². The van der Waals surface area contributed by atoms with E-state index in [1.54, 1.807) is 19.1 Å². The molecule has 0 aromatic heterocycles. The second-order valence-corrected chi connectivity index (χ2v) is 4.53. The third kappa shape index (κ3) is 2.17. The lowest BCUT2D eigenvalue weighted by atomic mass is 9.76. The Morgan fingerprint density at radius 2 is 2.18 bits per heavy atom. The number of carboxylic acids is 1. The van der Waals surface area contributed by atoms with Crippen LogP contribution in [0.1, 0.15) is 18.9 Å². The topological polar surface area (TPSA) is 46.5 Å². The van der Waals surface area contributed by atoms with Crippen molar-refractivity contribution in [2.24, 2.45) is 5.41 Å². The summed E-state index contributed by atoms with van der Waals surface area (Å²) in [6.45, 7) is 2.25. The fourth-order valence-corrected chi connectivity index (χ4v) is 2.34. The van der Waals surface area contributed by atoms with E-state index in [9.17, 15) is 14.3 Å². The number of hydrogen-bond donors (Lipinski definition) is 1. The summed E-state index contributed by atoms with van der Waals surface area (Å²) in [6.07, 6.45) is 0.565. The normalized spacial score (nSPS) is 28.2. The van der Waals surface area contributed by atoms with Gasteiger partial charge < -0.3 is 9.84 Å². The molecule has 2 unspecified atom stereocenters. The van der Waals surface area contributed by atoms with Crippen molar-refractivity contribution in [3.63, 3.8) is 0 Å². The molecule has 0 spiro atoms. The third-order valence-corrected chi connectivity index (χ3v) is 3.55. The molecule has 92 valence electrons. The summed E-state index contributed by atoms with van der Waals surface area (Å²) in [5, 5.41) is 9.40. The molecule has 1 aliphatic rings. The molecule has 0 saturated carbocycles. The fraction of sp³-hybridized carbons (Fsp3) is 0.462. The average Bonchev–Trinajstić information content (AvgIpc) is 2.65. The SMILES string of the molecule is CC1OCCC1(Cc1ccc(F)cc1)C(=O)O. The number of benzene rings is 1. The van der Waals surface area contributed by atoms with Crippen LogP contribution in [0.4, 0.5) is 4.39 Å². The first-order valence-electron chi connectivity index (χ1n) is 5.64. The Morgan fingerprint density at radius 1 is 1.53 bits per heavy atom. The molecule has 1 aromatic carbocycles. The van der Waals surface area contributed by atoms with Gasteiger partial charge in [0.2, 0.25) is 0 Å². The largest absolute Gasteiger partial charge is 0.481 e. The molecule has 1 fully saturated rings. The second kappa shape index (κ2) is 4.45. The number of ether oxygens (including phenoxy) is 1. The Balaban J connectivity index is 2.24. The van der Waals surface area contributed by atoms with Crippen LogP contribution in [-0.2, 0) is 16.0 Å². The summed E-state index contributed by atoms with van der Waals surface area (Å²) in [5.74, 6) is -1.15. The van der Waals surface area contributed by atoms with E-state index >= 15 is 0 Å². The zero-order chi connectivity index (χ0) is 12.5. The van der Waals surface area contributed by atoms with Crippen LogP contribution in [0, 0.1) is 11.2 Å². The van der Waals surface area contributed by atoms with E-state index in [0.29, 0.717) is 19.4 Å². The maximum atomic E-state index is 12.8. The molecule has 1 heterocycles. The molecule has 2 rings (SSSR count). The van der Waals surface area contributed by atoms with Gasteiger partial charge in [0.1, 0.15) is 5.82 Å². The summed E-state index contributed by atoms with van der Waals surface area (Å²) >= 11 is 0. The second-order valence-electron chi connectivity index (χ2n) is 4.53. The Morgan fingerprint density at radius 3 is 2.65 bits per heavy atom. The van der Waals surface area contributed by atoms with Crippen molar-refractivity contribution in [2.45, 2.75) is 25.9 Å². The van der Waals surface area contributed by atoms with Crippen molar-refractivity contribution in [2.75, 3.05) is 6.61 Å². The molecule has 1 aromatic rings. The predicted molar refractivity (Wildman–Crippen MR) is 60.2 cm³/mol. The molecule has 2 atom stereocenters. The van der Waals surface area contributed by atoms with Gasteiger partial charge >= 0.3 is 5.97 Å². The number of rotatable bonds is 3. The van der Waals surface area contributed by atoms with E-state index in [4.69, 9.17) is 4.74 Å². The predicted octanol–water partition coefficient (Wildman–Crippen LogP) is 2.25. The number of carbonyl (C=O) groups is 1. The Hall–Kier alpha value is -1.42. The van der Waals surface area contributed by atoms with Crippen LogP contribution in [-0.4, -0.2) is 23.8 Å². The van der Waals surface area contributed by atoms with Crippen molar-refractivity contribution in [1.29, 1.82) is 0 Å². The fourth-order valence-electron chi connectivity index (χ4n) is 2.34. The van der Waals surface area contributed by atoms with Crippen LogP contribution in [0.25, 0.3) is 0 Å². The van der Waals surface area contributed by atoms with Crippen LogP contribution in [0.3, 0.4) is 0 Å². The summed E-state index contributed by atoms with van der Waals surface area (Å²) < 4.78 is 18.2. The molecular weight excluding hydrogens is 223 g/mol. The Labute approximate surface area is 99.2 Å².